The predicted octanol–water partition coefficient (Wildman–Crippen LogP) is 2.95. The lowest BCUT2D eigenvalue weighted by molar-refractivity contribution is 0.0101. The van der Waals surface area contributed by atoms with Crippen LogP contribution in [0.1, 0.15) is 53.0 Å². The molecule has 0 radical (unpaired) electrons. The smallest absolute Gasteiger partial charge is 0.274 e. The molecule has 0 N–H and O–H groups in total. The highest BCUT2D eigenvalue weighted by Gasteiger charge is 2.44. The van der Waals surface area contributed by atoms with Crippen LogP contribution in [0.5, 0.6) is 0 Å². The van der Waals surface area contributed by atoms with Gasteiger partial charge in [-0.15, -0.1) is 0 Å². The van der Waals surface area contributed by atoms with E-state index in [4.69, 9.17) is 4.74 Å². The van der Waals surface area contributed by atoms with E-state index < -0.39 is 0 Å². The maximum atomic E-state index is 13.3. The van der Waals surface area contributed by atoms with Gasteiger partial charge in [0.1, 0.15) is 5.69 Å². The fourth-order valence-corrected chi connectivity index (χ4v) is 5.49. The molecule has 1 aromatic heterocycles. The minimum absolute atomic E-state index is 0.0109. The zero-order valence-corrected chi connectivity index (χ0v) is 17.7. The summed E-state index contributed by atoms with van der Waals surface area (Å²) in [6, 6.07) is 9.35. The maximum absolute atomic E-state index is 13.3. The average molecular weight is 407 g/mol. The molecule has 2 fully saturated rings. The van der Waals surface area contributed by atoms with E-state index in [2.05, 4.69) is 39.1 Å². The lowest BCUT2D eigenvalue weighted by atomic mass is 9.68. The Balaban J connectivity index is 1.39. The number of piperidine rings is 1. The minimum atomic E-state index is -0.0109. The molecule has 2 aromatic rings. The van der Waals surface area contributed by atoms with Gasteiger partial charge in [0.25, 0.3) is 5.91 Å². The Kier molecular flexibility index (Phi) is 5.29. The second-order valence-electron chi connectivity index (χ2n) is 9.02. The highest BCUT2D eigenvalue weighted by molar-refractivity contribution is 5.92. The average Bonchev–Trinajstić information content (AvgIpc) is 2.80. The Bertz CT molecular complexity index is 900. The number of hydrogen-bond donors (Lipinski definition) is 0. The second kappa shape index (κ2) is 8.08. The van der Waals surface area contributed by atoms with Gasteiger partial charge >= 0.3 is 0 Å². The molecule has 30 heavy (non-hydrogen) atoms. The van der Waals surface area contributed by atoms with Gasteiger partial charge in [0.05, 0.1) is 11.9 Å². The highest BCUT2D eigenvalue weighted by atomic mass is 16.5. The van der Waals surface area contributed by atoms with Crippen molar-refractivity contribution in [2.75, 3.05) is 32.8 Å². The van der Waals surface area contributed by atoms with Crippen molar-refractivity contribution >= 4 is 5.91 Å². The second-order valence-corrected chi connectivity index (χ2v) is 9.02. The highest BCUT2D eigenvalue weighted by Crippen LogP contribution is 2.42. The Labute approximate surface area is 178 Å². The van der Waals surface area contributed by atoms with Crippen LogP contribution >= 0.6 is 0 Å². The molecule has 3 aliphatic heterocycles. The first kappa shape index (κ1) is 19.6. The summed E-state index contributed by atoms with van der Waals surface area (Å²) >= 11 is 0. The molecular formula is C24H30N4O2. The number of benzene rings is 1. The lowest BCUT2D eigenvalue weighted by Crippen LogP contribution is -2.55. The number of likely N-dealkylation sites (tertiary alicyclic amines) is 1. The summed E-state index contributed by atoms with van der Waals surface area (Å²) in [7, 11) is 0. The third kappa shape index (κ3) is 3.63. The number of fused-ring (bicyclic) bond motifs is 2. The zero-order valence-electron chi connectivity index (χ0n) is 17.7. The number of aryl methyl sites for hydroxylation is 1. The molecule has 1 aromatic carbocycles. The Morgan fingerprint density at radius 3 is 2.60 bits per heavy atom. The fourth-order valence-electron chi connectivity index (χ4n) is 5.49. The summed E-state index contributed by atoms with van der Waals surface area (Å²) in [5, 5.41) is 0. The summed E-state index contributed by atoms with van der Waals surface area (Å²) in [6.07, 6.45) is 7.74. The summed E-state index contributed by atoms with van der Waals surface area (Å²) in [5.41, 5.74) is 4.01. The van der Waals surface area contributed by atoms with Gasteiger partial charge in [-0.2, -0.15) is 0 Å². The fraction of sp³-hybridized carbons (Fsp3) is 0.542. The van der Waals surface area contributed by atoms with E-state index in [1.165, 1.54) is 11.1 Å². The molecule has 4 heterocycles. The van der Waals surface area contributed by atoms with Crippen LogP contribution in [0.15, 0.2) is 36.7 Å². The summed E-state index contributed by atoms with van der Waals surface area (Å²) < 4.78 is 5.55. The quantitative estimate of drug-likeness (QED) is 0.768. The topological polar surface area (TPSA) is 58.6 Å². The first-order valence-corrected chi connectivity index (χ1v) is 11.1. The van der Waals surface area contributed by atoms with E-state index in [0.29, 0.717) is 18.3 Å². The third-order valence-corrected chi connectivity index (χ3v) is 7.19. The molecule has 1 spiro atoms. The zero-order chi connectivity index (χ0) is 20.6. The van der Waals surface area contributed by atoms with Gasteiger partial charge in [-0.3, -0.25) is 9.78 Å². The van der Waals surface area contributed by atoms with Crippen LogP contribution < -0.4 is 0 Å². The SMILES string of the molecule is Cc1cnc(C(=O)N2Cc3ccccc3C3(CCN(C4CCOCC4)CC3)C2)cn1. The van der Waals surface area contributed by atoms with Crippen LogP contribution in [0.3, 0.4) is 0 Å². The third-order valence-electron chi connectivity index (χ3n) is 7.19. The summed E-state index contributed by atoms with van der Waals surface area (Å²) in [5.74, 6) is -0.0109. The van der Waals surface area contributed by atoms with E-state index in [-0.39, 0.29) is 11.3 Å². The van der Waals surface area contributed by atoms with Crippen molar-refractivity contribution in [3.8, 4) is 0 Å². The maximum Gasteiger partial charge on any atom is 0.274 e. The summed E-state index contributed by atoms with van der Waals surface area (Å²) in [4.78, 5) is 26.5. The van der Waals surface area contributed by atoms with E-state index in [9.17, 15) is 4.79 Å². The van der Waals surface area contributed by atoms with Crippen LogP contribution in [-0.4, -0.2) is 64.6 Å². The molecule has 6 nitrogen and oxygen atoms in total. The van der Waals surface area contributed by atoms with Crippen molar-refractivity contribution in [3.05, 3.63) is 59.2 Å². The number of hydrogen-bond acceptors (Lipinski definition) is 5. The van der Waals surface area contributed by atoms with Crippen LogP contribution in [0.25, 0.3) is 0 Å². The Hall–Kier alpha value is -2.31. The molecule has 0 saturated carbocycles. The predicted molar refractivity (Wildman–Crippen MR) is 114 cm³/mol. The van der Waals surface area contributed by atoms with E-state index in [1.54, 1.807) is 12.4 Å². The first-order chi connectivity index (χ1) is 14.6. The molecule has 6 heteroatoms. The standard InChI is InChI=1S/C24H30N4O2/c1-18-14-26-22(15-25-18)23(29)28-16-19-4-2-3-5-21(19)24(17-28)8-10-27(11-9-24)20-6-12-30-13-7-20/h2-5,14-15,20H,6-13,16-17H2,1H3. The van der Waals surface area contributed by atoms with Crippen molar-refractivity contribution in [2.45, 2.75) is 50.6 Å². The number of amides is 1. The van der Waals surface area contributed by atoms with Crippen molar-refractivity contribution in [3.63, 3.8) is 0 Å². The molecule has 3 aliphatic rings. The monoisotopic (exact) mass is 406 g/mol. The van der Waals surface area contributed by atoms with Gasteiger partial charge in [-0.1, -0.05) is 24.3 Å². The van der Waals surface area contributed by atoms with Crippen LogP contribution in [0, 0.1) is 6.92 Å². The molecular weight excluding hydrogens is 376 g/mol. The summed E-state index contributed by atoms with van der Waals surface area (Å²) in [6.45, 7) is 7.25. The normalized spacial score (nSPS) is 22.1. The molecule has 0 aliphatic carbocycles. The van der Waals surface area contributed by atoms with Crippen molar-refractivity contribution in [1.82, 2.24) is 19.8 Å². The molecule has 0 atom stereocenters. The number of rotatable bonds is 2. The number of carbonyl (C=O) groups excluding carboxylic acids is 1. The van der Waals surface area contributed by atoms with Gasteiger partial charge in [0.2, 0.25) is 0 Å². The van der Waals surface area contributed by atoms with E-state index in [1.807, 2.05) is 11.8 Å². The minimum Gasteiger partial charge on any atom is -0.381 e. The number of carbonyl (C=O) groups is 1. The molecule has 1 amide bonds. The van der Waals surface area contributed by atoms with Crippen LogP contribution in [0.4, 0.5) is 0 Å². The van der Waals surface area contributed by atoms with Crippen molar-refractivity contribution in [2.24, 2.45) is 0 Å². The largest absolute Gasteiger partial charge is 0.381 e. The lowest BCUT2D eigenvalue weighted by Gasteiger charge is -2.50. The van der Waals surface area contributed by atoms with E-state index >= 15 is 0 Å². The Morgan fingerprint density at radius 1 is 1.10 bits per heavy atom. The first-order valence-electron chi connectivity index (χ1n) is 11.1. The molecule has 2 saturated heterocycles. The molecule has 0 unspecified atom stereocenters. The van der Waals surface area contributed by atoms with Crippen LogP contribution in [-0.2, 0) is 16.7 Å². The Morgan fingerprint density at radius 2 is 1.87 bits per heavy atom. The van der Waals surface area contributed by atoms with Gasteiger partial charge in [0.15, 0.2) is 0 Å². The van der Waals surface area contributed by atoms with E-state index in [0.717, 1.165) is 64.2 Å². The van der Waals surface area contributed by atoms with Gasteiger partial charge in [-0.25, -0.2) is 4.98 Å². The van der Waals surface area contributed by atoms with Gasteiger partial charge in [0, 0.05) is 44.0 Å². The number of ether oxygens (including phenoxy) is 1. The van der Waals surface area contributed by atoms with Crippen molar-refractivity contribution < 1.29 is 9.53 Å². The van der Waals surface area contributed by atoms with Gasteiger partial charge < -0.3 is 14.5 Å². The van der Waals surface area contributed by atoms with Crippen molar-refractivity contribution in [1.29, 1.82) is 0 Å². The molecule has 0 bridgehead atoms. The number of nitrogens with zero attached hydrogens (tertiary/aromatic N) is 4. The number of aromatic nitrogens is 2. The van der Waals surface area contributed by atoms with Crippen LogP contribution in [0.2, 0.25) is 0 Å². The molecule has 5 rings (SSSR count). The molecule has 158 valence electrons. The van der Waals surface area contributed by atoms with Gasteiger partial charge in [-0.05, 0) is 56.8 Å².